The summed E-state index contributed by atoms with van der Waals surface area (Å²) in [5, 5.41) is 2.90. The third-order valence-electron chi connectivity index (χ3n) is 4.96. The Bertz CT molecular complexity index is 831. The standard InChI is InChI=1S/C24H20FP.4H2O/c25-26(21-13-5-1-6-14-21,22-15-7-2-8-16-22,23-17-9-3-10-18-23)24-19-11-4-12-20-24;;;;/h1-20H;4*1H2. The molecule has 4 aromatic rings. The van der Waals surface area contributed by atoms with Gasteiger partial charge in [-0.3, -0.25) is 0 Å². The van der Waals surface area contributed by atoms with Crippen LogP contribution in [0.4, 0.5) is 4.20 Å². The molecule has 30 heavy (non-hydrogen) atoms. The number of hydrogen-bond donors (Lipinski definition) is 0. The van der Waals surface area contributed by atoms with Gasteiger partial charge in [-0.2, -0.15) is 0 Å². The summed E-state index contributed by atoms with van der Waals surface area (Å²) < 4.78 is 18.2. The van der Waals surface area contributed by atoms with Crippen molar-refractivity contribution in [1.29, 1.82) is 0 Å². The number of halogens is 1. The molecule has 4 nitrogen and oxygen atoms in total. The Balaban J connectivity index is 0.00000210. The molecule has 0 aliphatic carbocycles. The van der Waals surface area contributed by atoms with E-state index in [1.54, 1.807) is 0 Å². The van der Waals surface area contributed by atoms with Crippen LogP contribution >= 0.6 is 6.91 Å². The molecule has 0 amide bonds. The minimum absolute atomic E-state index is 0. The zero-order valence-corrected chi connectivity index (χ0v) is 17.3. The monoisotopic (exact) mass is 430 g/mol. The molecule has 0 aliphatic heterocycles. The van der Waals surface area contributed by atoms with Gasteiger partial charge in [0.05, 0.1) is 0 Å². The first-order valence-electron chi connectivity index (χ1n) is 8.71. The molecule has 0 spiro atoms. The third-order valence-corrected chi connectivity index (χ3v) is 10.0. The second-order valence-corrected chi connectivity index (χ2v) is 10.4. The molecule has 0 saturated carbocycles. The van der Waals surface area contributed by atoms with Crippen molar-refractivity contribution in [3.63, 3.8) is 0 Å². The van der Waals surface area contributed by atoms with Crippen LogP contribution in [0.2, 0.25) is 0 Å². The van der Waals surface area contributed by atoms with Crippen molar-refractivity contribution in [3.8, 4) is 0 Å². The Kier molecular flexibility index (Phi) is 9.70. The Morgan fingerprint density at radius 2 is 0.500 bits per heavy atom. The molecule has 0 radical (unpaired) electrons. The maximum Gasteiger partial charge on any atom is -0.412 e. The summed E-state index contributed by atoms with van der Waals surface area (Å²) in [6, 6.07) is 38.5. The van der Waals surface area contributed by atoms with Crippen molar-refractivity contribution in [2.45, 2.75) is 0 Å². The van der Waals surface area contributed by atoms with Gasteiger partial charge in [0.15, 0.2) is 0 Å². The Labute approximate surface area is 175 Å². The fourth-order valence-electron chi connectivity index (χ4n) is 3.73. The summed E-state index contributed by atoms with van der Waals surface area (Å²) in [6.45, 7) is -4.32. The molecule has 0 atom stereocenters. The van der Waals surface area contributed by atoms with Crippen LogP contribution in [0.1, 0.15) is 0 Å². The third kappa shape index (κ3) is 3.90. The number of benzene rings is 4. The molecule has 0 unspecified atom stereocenters. The number of hydrogen-bond acceptors (Lipinski definition) is 0. The summed E-state index contributed by atoms with van der Waals surface area (Å²) in [5.74, 6) is 0. The largest absolute Gasteiger partial charge is 0.412 e. The Morgan fingerprint density at radius 3 is 0.667 bits per heavy atom. The van der Waals surface area contributed by atoms with Gasteiger partial charge in [0.25, 0.3) is 0 Å². The molecule has 160 valence electrons. The van der Waals surface area contributed by atoms with Gasteiger partial charge in [-0.15, -0.1) is 0 Å². The van der Waals surface area contributed by atoms with Gasteiger partial charge >= 0.3 is 154 Å². The zero-order chi connectivity index (χ0) is 17.9. The van der Waals surface area contributed by atoms with E-state index in [9.17, 15) is 0 Å². The van der Waals surface area contributed by atoms with Crippen LogP contribution in [-0.4, -0.2) is 21.9 Å². The van der Waals surface area contributed by atoms with Crippen molar-refractivity contribution in [3.05, 3.63) is 121 Å². The predicted molar refractivity (Wildman–Crippen MR) is 127 cm³/mol. The maximum atomic E-state index is 18.2. The van der Waals surface area contributed by atoms with Crippen LogP contribution in [0.3, 0.4) is 0 Å². The van der Waals surface area contributed by atoms with Gasteiger partial charge < -0.3 is 21.9 Å². The van der Waals surface area contributed by atoms with Crippen molar-refractivity contribution >= 4 is 28.1 Å². The summed E-state index contributed by atoms with van der Waals surface area (Å²) >= 11 is 0. The van der Waals surface area contributed by atoms with Crippen LogP contribution < -0.4 is 21.2 Å². The van der Waals surface area contributed by atoms with E-state index >= 15 is 4.20 Å². The van der Waals surface area contributed by atoms with Gasteiger partial charge in [0.1, 0.15) is 0 Å². The molecule has 0 heterocycles. The average Bonchev–Trinajstić information content (AvgIpc) is 2.76. The molecule has 0 bridgehead atoms. The first-order chi connectivity index (χ1) is 12.7. The fourth-order valence-corrected chi connectivity index (χ4v) is 8.44. The van der Waals surface area contributed by atoms with Gasteiger partial charge in [0, 0.05) is 0 Å². The molecule has 0 aliphatic rings. The quantitative estimate of drug-likeness (QED) is 0.434. The Hall–Kier alpha value is -2.92. The minimum atomic E-state index is -4.32. The van der Waals surface area contributed by atoms with Crippen molar-refractivity contribution in [2.24, 2.45) is 0 Å². The summed E-state index contributed by atoms with van der Waals surface area (Å²) in [4.78, 5) is 0. The van der Waals surface area contributed by atoms with E-state index in [0.717, 1.165) is 21.2 Å². The molecular weight excluding hydrogens is 402 g/mol. The second-order valence-electron chi connectivity index (χ2n) is 6.35. The van der Waals surface area contributed by atoms with E-state index in [2.05, 4.69) is 0 Å². The first-order valence-corrected chi connectivity index (χ1v) is 10.8. The van der Waals surface area contributed by atoms with Crippen molar-refractivity contribution in [2.75, 3.05) is 0 Å². The van der Waals surface area contributed by atoms with Gasteiger partial charge in [-0.05, 0) is 0 Å². The molecular formula is C24H28FO4P. The van der Waals surface area contributed by atoms with E-state index in [0.29, 0.717) is 0 Å². The van der Waals surface area contributed by atoms with Gasteiger partial charge in [0.2, 0.25) is 0 Å². The summed E-state index contributed by atoms with van der Waals surface area (Å²) in [6.07, 6.45) is 0. The molecule has 4 rings (SSSR count). The van der Waals surface area contributed by atoms with E-state index in [1.165, 1.54) is 0 Å². The van der Waals surface area contributed by atoms with E-state index in [4.69, 9.17) is 0 Å². The fraction of sp³-hybridized carbons (Fsp3) is 0. The van der Waals surface area contributed by atoms with Gasteiger partial charge in [-0.1, -0.05) is 0 Å². The smallest absolute Gasteiger partial charge is 0.412 e. The van der Waals surface area contributed by atoms with Crippen LogP contribution in [-0.2, 0) is 0 Å². The average molecular weight is 430 g/mol. The SMILES string of the molecule is FP(c1ccccc1)(c1ccccc1)(c1ccccc1)c1ccccc1.O.O.O.O. The summed E-state index contributed by atoms with van der Waals surface area (Å²) in [7, 11) is 0. The topological polar surface area (TPSA) is 126 Å². The summed E-state index contributed by atoms with van der Waals surface area (Å²) in [5.41, 5.74) is 0. The van der Waals surface area contributed by atoms with Crippen LogP contribution in [0.15, 0.2) is 121 Å². The molecule has 0 fully saturated rings. The second kappa shape index (κ2) is 10.7. The van der Waals surface area contributed by atoms with Crippen LogP contribution in [0, 0.1) is 0 Å². The molecule has 4 aromatic carbocycles. The molecule has 8 N–H and O–H groups in total. The normalized spacial score (nSPS) is 11.2. The zero-order valence-electron chi connectivity index (χ0n) is 16.4. The Morgan fingerprint density at radius 1 is 0.333 bits per heavy atom. The molecule has 0 saturated heterocycles. The predicted octanol–water partition coefficient (Wildman–Crippen LogP) is 1.43. The number of rotatable bonds is 4. The van der Waals surface area contributed by atoms with Crippen molar-refractivity contribution < 1.29 is 26.1 Å². The van der Waals surface area contributed by atoms with Gasteiger partial charge in [-0.25, -0.2) is 0 Å². The first kappa shape index (κ1) is 27.1. The van der Waals surface area contributed by atoms with E-state index in [1.807, 2.05) is 121 Å². The molecule has 6 heteroatoms. The molecule has 0 aromatic heterocycles. The van der Waals surface area contributed by atoms with Crippen LogP contribution in [0.5, 0.6) is 0 Å². The van der Waals surface area contributed by atoms with E-state index in [-0.39, 0.29) is 21.9 Å². The minimum Gasteiger partial charge on any atom is -0.412 e. The van der Waals surface area contributed by atoms with E-state index < -0.39 is 6.91 Å². The maximum absolute atomic E-state index is 18.2. The van der Waals surface area contributed by atoms with Crippen molar-refractivity contribution in [1.82, 2.24) is 0 Å². The van der Waals surface area contributed by atoms with Crippen LogP contribution in [0.25, 0.3) is 0 Å².